The first-order chi connectivity index (χ1) is 14.1. The molecule has 0 saturated heterocycles. The van der Waals surface area contributed by atoms with Gasteiger partial charge in [-0.15, -0.1) is 0 Å². The fourth-order valence-corrected chi connectivity index (χ4v) is 4.02. The van der Waals surface area contributed by atoms with E-state index in [0.29, 0.717) is 0 Å². The van der Waals surface area contributed by atoms with Gasteiger partial charge in [0.2, 0.25) is 0 Å². The molecule has 2 aromatic heterocycles. The molecule has 0 aliphatic heterocycles. The van der Waals surface area contributed by atoms with E-state index >= 15 is 0 Å². The van der Waals surface area contributed by atoms with Crippen LogP contribution in [0.4, 0.5) is 0 Å². The van der Waals surface area contributed by atoms with Crippen LogP contribution in [-0.4, -0.2) is 41.6 Å². The summed E-state index contributed by atoms with van der Waals surface area (Å²) in [6.45, 7) is 3.65. The van der Waals surface area contributed by atoms with E-state index in [1.54, 1.807) is 0 Å². The van der Waals surface area contributed by atoms with Crippen molar-refractivity contribution >= 4 is 33.4 Å². The molecule has 0 bridgehead atoms. The molecular weight excluding hydrogens is 380 g/mol. The van der Waals surface area contributed by atoms with Crippen molar-refractivity contribution in [1.82, 2.24) is 19.8 Å². The van der Waals surface area contributed by atoms with E-state index in [1.807, 2.05) is 24.4 Å². The number of benzene rings is 2. The second-order valence-corrected chi connectivity index (χ2v) is 8.20. The lowest BCUT2D eigenvalue weighted by Gasteiger charge is -2.10. The summed E-state index contributed by atoms with van der Waals surface area (Å²) >= 11 is 6.20. The lowest BCUT2D eigenvalue weighted by molar-refractivity contribution is 0.394. The summed E-state index contributed by atoms with van der Waals surface area (Å²) in [4.78, 5) is 6.94. The van der Waals surface area contributed by atoms with E-state index in [-0.39, 0.29) is 0 Å². The minimum absolute atomic E-state index is 0.768. The molecule has 4 aromatic rings. The normalized spacial score (nSPS) is 11.7. The second kappa shape index (κ2) is 8.95. The standard InChI is InChI=1S/C24H27ClN4/c1-28(2)12-6-11-26-15-20-14-22-21-9-3-4-10-23(21)29(24(22)16-27-20)17-18-7-5-8-19(25)13-18/h3-5,7-10,13-14,16,26H,6,11-12,15,17H2,1-2H3. The SMILES string of the molecule is CN(C)CCCNCc1cc2c3ccccc3n(Cc3cccc(Cl)c3)c2cn1. The van der Waals surface area contributed by atoms with Crippen LogP contribution in [0.2, 0.25) is 5.02 Å². The molecule has 0 saturated carbocycles. The predicted octanol–water partition coefficient (Wildman–Crippen LogP) is 4.93. The number of aromatic nitrogens is 2. The maximum Gasteiger partial charge on any atom is 0.0681 e. The fourth-order valence-electron chi connectivity index (χ4n) is 3.81. The molecule has 150 valence electrons. The van der Waals surface area contributed by atoms with E-state index in [1.165, 1.54) is 21.9 Å². The summed E-state index contributed by atoms with van der Waals surface area (Å²) in [7, 11) is 4.21. The Balaban J connectivity index is 1.62. The van der Waals surface area contributed by atoms with Crippen molar-refractivity contribution in [3.05, 3.63) is 77.1 Å². The smallest absolute Gasteiger partial charge is 0.0681 e. The highest BCUT2D eigenvalue weighted by atomic mass is 35.5. The molecule has 5 heteroatoms. The van der Waals surface area contributed by atoms with Crippen LogP contribution >= 0.6 is 11.6 Å². The average molecular weight is 407 g/mol. The third-order valence-electron chi connectivity index (χ3n) is 5.21. The number of hydrogen-bond acceptors (Lipinski definition) is 3. The van der Waals surface area contributed by atoms with E-state index in [4.69, 9.17) is 16.6 Å². The molecular formula is C24H27ClN4. The summed E-state index contributed by atoms with van der Waals surface area (Å²) in [5, 5.41) is 6.80. The molecule has 4 rings (SSSR count). The molecule has 0 aliphatic rings. The van der Waals surface area contributed by atoms with Crippen LogP contribution in [0, 0.1) is 0 Å². The zero-order valence-electron chi connectivity index (χ0n) is 17.0. The molecule has 0 unspecified atom stereocenters. The zero-order chi connectivity index (χ0) is 20.2. The van der Waals surface area contributed by atoms with Crippen molar-refractivity contribution in [2.45, 2.75) is 19.5 Å². The van der Waals surface area contributed by atoms with Gasteiger partial charge in [0.25, 0.3) is 0 Å². The van der Waals surface area contributed by atoms with Gasteiger partial charge in [0, 0.05) is 34.4 Å². The van der Waals surface area contributed by atoms with Crippen molar-refractivity contribution in [3.63, 3.8) is 0 Å². The number of fused-ring (bicyclic) bond motifs is 3. The monoisotopic (exact) mass is 406 g/mol. The zero-order valence-corrected chi connectivity index (χ0v) is 17.8. The van der Waals surface area contributed by atoms with Gasteiger partial charge in [-0.25, -0.2) is 0 Å². The van der Waals surface area contributed by atoms with Crippen LogP contribution in [0.25, 0.3) is 21.8 Å². The van der Waals surface area contributed by atoms with E-state index in [0.717, 1.165) is 48.8 Å². The number of halogens is 1. The molecule has 1 N–H and O–H groups in total. The Kier molecular flexibility index (Phi) is 6.14. The summed E-state index contributed by atoms with van der Waals surface area (Å²) < 4.78 is 2.33. The highest BCUT2D eigenvalue weighted by molar-refractivity contribution is 6.30. The van der Waals surface area contributed by atoms with Crippen molar-refractivity contribution < 1.29 is 0 Å². The Bertz CT molecular complexity index is 1120. The van der Waals surface area contributed by atoms with Crippen LogP contribution < -0.4 is 5.32 Å². The molecule has 0 atom stereocenters. The molecule has 0 aliphatic carbocycles. The lowest BCUT2D eigenvalue weighted by atomic mass is 10.1. The highest BCUT2D eigenvalue weighted by Crippen LogP contribution is 2.30. The minimum Gasteiger partial charge on any atom is -0.335 e. The van der Waals surface area contributed by atoms with E-state index in [2.05, 4.69) is 65.3 Å². The highest BCUT2D eigenvalue weighted by Gasteiger charge is 2.12. The number of pyridine rings is 1. The Morgan fingerprint density at radius 1 is 1.00 bits per heavy atom. The minimum atomic E-state index is 0.768. The van der Waals surface area contributed by atoms with Gasteiger partial charge in [-0.05, 0) is 63.4 Å². The Morgan fingerprint density at radius 2 is 1.86 bits per heavy atom. The van der Waals surface area contributed by atoms with Crippen molar-refractivity contribution in [1.29, 1.82) is 0 Å². The van der Waals surface area contributed by atoms with E-state index < -0.39 is 0 Å². The van der Waals surface area contributed by atoms with Gasteiger partial charge in [0.1, 0.15) is 0 Å². The van der Waals surface area contributed by atoms with Gasteiger partial charge in [0.05, 0.1) is 17.4 Å². The van der Waals surface area contributed by atoms with Gasteiger partial charge in [-0.3, -0.25) is 4.98 Å². The first-order valence-corrected chi connectivity index (χ1v) is 10.5. The van der Waals surface area contributed by atoms with E-state index in [9.17, 15) is 0 Å². The molecule has 0 amide bonds. The molecule has 4 nitrogen and oxygen atoms in total. The molecule has 2 heterocycles. The first-order valence-electron chi connectivity index (χ1n) is 10.1. The lowest BCUT2D eigenvalue weighted by Crippen LogP contribution is -2.21. The summed E-state index contributed by atoms with van der Waals surface area (Å²) in [5.74, 6) is 0. The molecule has 29 heavy (non-hydrogen) atoms. The second-order valence-electron chi connectivity index (χ2n) is 7.76. The Hall–Kier alpha value is -2.40. The van der Waals surface area contributed by atoms with Gasteiger partial charge >= 0.3 is 0 Å². The maximum absolute atomic E-state index is 6.20. The van der Waals surface area contributed by atoms with Gasteiger partial charge in [-0.2, -0.15) is 0 Å². The third-order valence-corrected chi connectivity index (χ3v) is 5.45. The number of hydrogen-bond donors (Lipinski definition) is 1. The van der Waals surface area contributed by atoms with Crippen molar-refractivity contribution in [3.8, 4) is 0 Å². The number of nitrogens with one attached hydrogen (secondary N) is 1. The van der Waals surface area contributed by atoms with Crippen LogP contribution in [0.5, 0.6) is 0 Å². The largest absolute Gasteiger partial charge is 0.335 e. The van der Waals surface area contributed by atoms with Crippen LogP contribution in [-0.2, 0) is 13.1 Å². The predicted molar refractivity (Wildman–Crippen MR) is 123 cm³/mol. The summed E-state index contributed by atoms with van der Waals surface area (Å²) in [6.07, 6.45) is 3.14. The number of rotatable bonds is 8. The molecule has 0 fully saturated rings. The first kappa shape index (κ1) is 19.9. The van der Waals surface area contributed by atoms with Gasteiger partial charge in [0.15, 0.2) is 0 Å². The molecule has 0 radical (unpaired) electrons. The molecule has 2 aromatic carbocycles. The van der Waals surface area contributed by atoms with Gasteiger partial charge in [-0.1, -0.05) is 41.9 Å². The fraction of sp³-hybridized carbons (Fsp3) is 0.292. The summed E-state index contributed by atoms with van der Waals surface area (Å²) in [6, 6.07) is 18.9. The van der Waals surface area contributed by atoms with Gasteiger partial charge < -0.3 is 14.8 Å². The quantitative estimate of drug-likeness (QED) is 0.421. The maximum atomic E-state index is 6.20. The number of nitrogens with zero attached hydrogens (tertiary/aromatic N) is 3. The Labute approximate surface area is 177 Å². The average Bonchev–Trinajstić information content (AvgIpc) is 3.01. The third kappa shape index (κ3) is 4.61. The van der Waals surface area contributed by atoms with Crippen molar-refractivity contribution in [2.75, 3.05) is 27.2 Å². The Morgan fingerprint density at radius 3 is 2.69 bits per heavy atom. The van der Waals surface area contributed by atoms with Crippen molar-refractivity contribution in [2.24, 2.45) is 0 Å². The topological polar surface area (TPSA) is 33.1 Å². The van der Waals surface area contributed by atoms with Crippen LogP contribution in [0.1, 0.15) is 17.7 Å². The van der Waals surface area contributed by atoms with Crippen LogP contribution in [0.3, 0.4) is 0 Å². The van der Waals surface area contributed by atoms with Crippen LogP contribution in [0.15, 0.2) is 60.8 Å². The molecule has 0 spiro atoms. The summed E-state index contributed by atoms with van der Waals surface area (Å²) in [5.41, 5.74) is 4.64. The number of para-hydroxylation sites is 1.